The van der Waals surface area contributed by atoms with Crippen molar-refractivity contribution in [3.8, 4) is 0 Å². The van der Waals surface area contributed by atoms with Crippen LogP contribution in [0.4, 0.5) is 0 Å². The van der Waals surface area contributed by atoms with Crippen LogP contribution in [-0.2, 0) is 6.54 Å². The normalized spacial score (nSPS) is 23.0. The van der Waals surface area contributed by atoms with E-state index in [1.54, 1.807) is 6.07 Å². The minimum absolute atomic E-state index is 0.340. The van der Waals surface area contributed by atoms with Crippen LogP contribution >= 0.6 is 0 Å². The smallest absolute Gasteiger partial charge is 0.248 e. The Balaban J connectivity index is 2.01. The number of primary amides is 1. The van der Waals surface area contributed by atoms with Gasteiger partial charge in [-0.15, -0.1) is 0 Å². The number of benzene rings is 1. The summed E-state index contributed by atoms with van der Waals surface area (Å²) in [5, 5.41) is 3.71. The fourth-order valence-corrected chi connectivity index (χ4v) is 3.50. The van der Waals surface area contributed by atoms with Crippen molar-refractivity contribution in [2.75, 3.05) is 0 Å². The molecule has 2 atom stereocenters. The standard InChI is InChI=1S/C18H28N2O/c1-18(2,3)15-9-4-5-10-16(15)20-12-13-7-6-8-14(11-13)17(19)21/h6-8,11,15-16,20H,4-5,9-10,12H2,1-3H3,(H2,19,21). The van der Waals surface area contributed by atoms with Gasteiger partial charge >= 0.3 is 0 Å². The van der Waals surface area contributed by atoms with E-state index in [4.69, 9.17) is 5.73 Å². The third-order valence-corrected chi connectivity index (χ3v) is 4.66. The van der Waals surface area contributed by atoms with Gasteiger partial charge in [0.25, 0.3) is 0 Å². The molecule has 1 amide bonds. The number of hydrogen-bond donors (Lipinski definition) is 2. The molecule has 1 aliphatic carbocycles. The maximum Gasteiger partial charge on any atom is 0.248 e. The molecule has 0 radical (unpaired) electrons. The van der Waals surface area contributed by atoms with Crippen LogP contribution in [0.15, 0.2) is 24.3 Å². The molecule has 2 rings (SSSR count). The highest BCUT2D eigenvalue weighted by Gasteiger charge is 2.33. The lowest BCUT2D eigenvalue weighted by Crippen LogP contribution is -2.43. The third-order valence-electron chi connectivity index (χ3n) is 4.66. The first-order valence-corrected chi connectivity index (χ1v) is 8.00. The summed E-state index contributed by atoms with van der Waals surface area (Å²) >= 11 is 0. The molecule has 2 unspecified atom stereocenters. The molecule has 0 saturated heterocycles. The number of hydrogen-bond acceptors (Lipinski definition) is 2. The zero-order valence-electron chi connectivity index (χ0n) is 13.5. The lowest BCUT2D eigenvalue weighted by atomic mass is 9.69. The first kappa shape index (κ1) is 16.0. The van der Waals surface area contributed by atoms with Crippen molar-refractivity contribution in [1.82, 2.24) is 5.32 Å². The van der Waals surface area contributed by atoms with Crippen molar-refractivity contribution in [1.29, 1.82) is 0 Å². The Hall–Kier alpha value is -1.35. The van der Waals surface area contributed by atoms with Crippen LogP contribution in [0, 0.1) is 11.3 Å². The molecular weight excluding hydrogens is 260 g/mol. The summed E-state index contributed by atoms with van der Waals surface area (Å²) in [5.41, 5.74) is 7.40. The zero-order valence-corrected chi connectivity index (χ0v) is 13.5. The van der Waals surface area contributed by atoms with Crippen LogP contribution in [0.3, 0.4) is 0 Å². The monoisotopic (exact) mass is 288 g/mol. The first-order chi connectivity index (χ1) is 9.88. The molecule has 1 aromatic carbocycles. The Bertz CT molecular complexity index is 490. The molecule has 1 saturated carbocycles. The molecule has 1 aliphatic rings. The number of rotatable bonds is 4. The van der Waals surface area contributed by atoms with Crippen molar-refractivity contribution in [3.63, 3.8) is 0 Å². The summed E-state index contributed by atoms with van der Waals surface area (Å²) in [6.45, 7) is 7.82. The summed E-state index contributed by atoms with van der Waals surface area (Å²) in [6, 6.07) is 8.18. The fraction of sp³-hybridized carbons (Fsp3) is 0.611. The molecule has 21 heavy (non-hydrogen) atoms. The number of carbonyl (C=O) groups is 1. The summed E-state index contributed by atoms with van der Waals surface area (Å²) in [7, 11) is 0. The van der Waals surface area contributed by atoms with Gasteiger partial charge < -0.3 is 11.1 Å². The molecule has 3 nitrogen and oxygen atoms in total. The topological polar surface area (TPSA) is 55.1 Å². The number of nitrogens with two attached hydrogens (primary N) is 1. The Morgan fingerprint density at radius 1 is 1.29 bits per heavy atom. The van der Waals surface area contributed by atoms with Gasteiger partial charge in [-0.05, 0) is 41.9 Å². The zero-order chi connectivity index (χ0) is 15.5. The maximum atomic E-state index is 11.2. The van der Waals surface area contributed by atoms with Gasteiger partial charge in [0, 0.05) is 18.2 Å². The minimum Gasteiger partial charge on any atom is -0.366 e. The molecule has 0 aliphatic heterocycles. The summed E-state index contributed by atoms with van der Waals surface area (Å²) < 4.78 is 0. The Kier molecular flexibility index (Phi) is 5.04. The van der Waals surface area contributed by atoms with Crippen molar-refractivity contribution >= 4 is 5.91 Å². The van der Waals surface area contributed by atoms with E-state index >= 15 is 0 Å². The largest absolute Gasteiger partial charge is 0.366 e. The van der Waals surface area contributed by atoms with Gasteiger partial charge in [0.1, 0.15) is 0 Å². The van der Waals surface area contributed by atoms with Crippen molar-refractivity contribution in [2.24, 2.45) is 17.1 Å². The van der Waals surface area contributed by atoms with E-state index < -0.39 is 0 Å². The highest BCUT2D eigenvalue weighted by Crippen LogP contribution is 2.38. The van der Waals surface area contributed by atoms with Crippen LogP contribution in [0.2, 0.25) is 0 Å². The highest BCUT2D eigenvalue weighted by molar-refractivity contribution is 5.92. The lowest BCUT2D eigenvalue weighted by Gasteiger charge is -2.41. The van der Waals surface area contributed by atoms with Crippen LogP contribution in [0.25, 0.3) is 0 Å². The van der Waals surface area contributed by atoms with Crippen molar-refractivity contribution < 1.29 is 4.79 Å². The van der Waals surface area contributed by atoms with Gasteiger partial charge in [-0.25, -0.2) is 0 Å². The second-order valence-corrected chi connectivity index (χ2v) is 7.31. The van der Waals surface area contributed by atoms with E-state index in [0.717, 1.165) is 12.1 Å². The molecule has 116 valence electrons. The Morgan fingerprint density at radius 2 is 2.00 bits per heavy atom. The van der Waals surface area contributed by atoms with E-state index in [1.165, 1.54) is 25.7 Å². The van der Waals surface area contributed by atoms with Crippen molar-refractivity contribution in [3.05, 3.63) is 35.4 Å². The van der Waals surface area contributed by atoms with E-state index in [0.29, 0.717) is 22.9 Å². The van der Waals surface area contributed by atoms with Crippen LogP contribution in [0.1, 0.15) is 62.4 Å². The van der Waals surface area contributed by atoms with Gasteiger partial charge in [-0.2, -0.15) is 0 Å². The first-order valence-electron chi connectivity index (χ1n) is 8.00. The summed E-state index contributed by atoms with van der Waals surface area (Å²) in [6.07, 6.45) is 5.21. The second-order valence-electron chi connectivity index (χ2n) is 7.31. The maximum absolute atomic E-state index is 11.2. The summed E-state index contributed by atoms with van der Waals surface area (Å²) in [4.78, 5) is 11.2. The molecule has 0 heterocycles. The Labute approximate surface area is 128 Å². The van der Waals surface area contributed by atoms with E-state index in [-0.39, 0.29) is 5.91 Å². The molecule has 1 fully saturated rings. The van der Waals surface area contributed by atoms with Gasteiger partial charge in [0.05, 0.1) is 0 Å². The molecule has 1 aromatic rings. The second kappa shape index (κ2) is 6.61. The number of nitrogens with one attached hydrogen (secondary N) is 1. The molecular formula is C18H28N2O. The summed E-state index contributed by atoms with van der Waals surface area (Å²) in [5.74, 6) is 0.354. The quantitative estimate of drug-likeness (QED) is 0.891. The molecule has 0 bridgehead atoms. The van der Waals surface area contributed by atoms with Crippen LogP contribution < -0.4 is 11.1 Å². The van der Waals surface area contributed by atoms with E-state index in [1.807, 2.05) is 18.2 Å². The lowest BCUT2D eigenvalue weighted by molar-refractivity contribution is 0.1000. The third kappa shape index (κ3) is 4.31. The van der Waals surface area contributed by atoms with Crippen LogP contribution in [0.5, 0.6) is 0 Å². The number of carbonyl (C=O) groups excluding carboxylic acids is 1. The van der Waals surface area contributed by atoms with Crippen molar-refractivity contribution in [2.45, 2.75) is 59.0 Å². The van der Waals surface area contributed by atoms with E-state index in [9.17, 15) is 4.79 Å². The predicted molar refractivity (Wildman–Crippen MR) is 87.0 cm³/mol. The molecule has 3 N–H and O–H groups in total. The average molecular weight is 288 g/mol. The predicted octanol–water partition coefficient (Wildman–Crippen LogP) is 3.48. The van der Waals surface area contributed by atoms with Gasteiger partial charge in [0.2, 0.25) is 5.91 Å². The molecule has 3 heteroatoms. The van der Waals surface area contributed by atoms with Gasteiger partial charge in [-0.1, -0.05) is 45.7 Å². The number of amides is 1. The van der Waals surface area contributed by atoms with Crippen LogP contribution in [-0.4, -0.2) is 11.9 Å². The minimum atomic E-state index is -0.359. The van der Waals surface area contributed by atoms with Gasteiger partial charge in [-0.3, -0.25) is 4.79 Å². The highest BCUT2D eigenvalue weighted by atomic mass is 16.1. The Morgan fingerprint density at radius 3 is 2.67 bits per heavy atom. The molecule has 0 spiro atoms. The average Bonchev–Trinajstić information content (AvgIpc) is 2.45. The van der Waals surface area contributed by atoms with E-state index in [2.05, 4.69) is 26.1 Å². The SMILES string of the molecule is CC(C)(C)C1CCCCC1NCc1cccc(C(N)=O)c1. The fourth-order valence-electron chi connectivity index (χ4n) is 3.50. The molecule has 0 aromatic heterocycles. The van der Waals surface area contributed by atoms with Gasteiger partial charge in [0.15, 0.2) is 0 Å².